The highest BCUT2D eigenvalue weighted by Gasteiger charge is 2.32. The molecule has 2 amide bonds. The van der Waals surface area contributed by atoms with Crippen molar-refractivity contribution in [3.63, 3.8) is 0 Å². The molecule has 5 nitrogen and oxygen atoms in total. The van der Waals surface area contributed by atoms with E-state index in [0.717, 1.165) is 31.5 Å². The van der Waals surface area contributed by atoms with E-state index in [0.29, 0.717) is 26.1 Å². The molecule has 2 aromatic carbocycles. The van der Waals surface area contributed by atoms with Crippen LogP contribution in [-0.4, -0.2) is 65.3 Å². The van der Waals surface area contributed by atoms with E-state index in [4.69, 9.17) is 0 Å². The molecule has 0 spiro atoms. The molecule has 188 valence electrons. The first-order valence-electron chi connectivity index (χ1n) is 13.1. The molecule has 3 heterocycles. The third-order valence-electron chi connectivity index (χ3n) is 7.64. The summed E-state index contributed by atoms with van der Waals surface area (Å²) in [4.78, 5) is 34.1. The third kappa shape index (κ3) is 5.11. The first-order chi connectivity index (χ1) is 17.5. The van der Waals surface area contributed by atoms with Crippen molar-refractivity contribution >= 4 is 23.2 Å². The molecule has 3 aromatic rings. The first-order valence-corrected chi connectivity index (χ1v) is 14.0. The van der Waals surface area contributed by atoms with Crippen molar-refractivity contribution in [3.05, 3.63) is 93.2 Å². The smallest absolute Gasteiger partial charge is 0.254 e. The molecule has 0 unspecified atom stereocenters. The van der Waals surface area contributed by atoms with Crippen LogP contribution in [-0.2, 0) is 17.6 Å². The summed E-state index contributed by atoms with van der Waals surface area (Å²) in [6.45, 7) is 7.64. The van der Waals surface area contributed by atoms with Crippen LogP contribution in [0.5, 0.6) is 0 Å². The van der Waals surface area contributed by atoms with Crippen molar-refractivity contribution in [2.45, 2.75) is 45.2 Å². The number of piperazine rings is 1. The molecule has 1 aromatic heterocycles. The number of hydrogen-bond donors (Lipinski definition) is 0. The van der Waals surface area contributed by atoms with Gasteiger partial charge in [0.15, 0.2) is 0 Å². The van der Waals surface area contributed by atoms with Crippen molar-refractivity contribution in [2.24, 2.45) is 0 Å². The zero-order valence-corrected chi connectivity index (χ0v) is 22.0. The lowest BCUT2D eigenvalue weighted by atomic mass is 9.93. The van der Waals surface area contributed by atoms with Crippen LogP contribution in [0.4, 0.5) is 0 Å². The Kier molecular flexibility index (Phi) is 7.54. The van der Waals surface area contributed by atoms with E-state index in [1.165, 1.54) is 21.6 Å². The zero-order chi connectivity index (χ0) is 25.1. The molecule has 0 saturated carbocycles. The van der Waals surface area contributed by atoms with Gasteiger partial charge in [-0.2, -0.15) is 0 Å². The molecular weight excluding hydrogens is 466 g/mol. The van der Waals surface area contributed by atoms with E-state index in [1.807, 2.05) is 52.3 Å². The second kappa shape index (κ2) is 11.0. The number of rotatable bonds is 6. The van der Waals surface area contributed by atoms with Crippen LogP contribution >= 0.6 is 11.3 Å². The minimum Gasteiger partial charge on any atom is -0.339 e. The fourth-order valence-corrected chi connectivity index (χ4v) is 6.47. The van der Waals surface area contributed by atoms with E-state index in [-0.39, 0.29) is 23.9 Å². The Labute approximate surface area is 218 Å². The summed E-state index contributed by atoms with van der Waals surface area (Å²) in [7, 11) is 0. The van der Waals surface area contributed by atoms with Crippen molar-refractivity contribution in [3.8, 4) is 0 Å². The Balaban J connectivity index is 1.20. The van der Waals surface area contributed by atoms with E-state index in [1.54, 1.807) is 0 Å². The van der Waals surface area contributed by atoms with Gasteiger partial charge in [0.2, 0.25) is 5.91 Å². The minimum absolute atomic E-state index is 0.00136. The van der Waals surface area contributed by atoms with Crippen LogP contribution in [0.3, 0.4) is 0 Å². The van der Waals surface area contributed by atoms with Crippen LogP contribution in [0.15, 0.2) is 66.0 Å². The van der Waals surface area contributed by atoms with E-state index >= 15 is 0 Å². The fraction of sp³-hybridized carbons (Fsp3) is 0.400. The number of aryl methyl sites for hydroxylation is 1. The summed E-state index contributed by atoms with van der Waals surface area (Å²) < 4.78 is 0. The molecule has 2 aliphatic rings. The summed E-state index contributed by atoms with van der Waals surface area (Å²) in [5.74, 6) is 0.243. The van der Waals surface area contributed by atoms with Gasteiger partial charge in [-0.05, 0) is 60.0 Å². The molecule has 0 N–H and O–H groups in total. The average molecular weight is 502 g/mol. The lowest BCUT2D eigenvalue weighted by Gasteiger charge is -2.41. The van der Waals surface area contributed by atoms with Gasteiger partial charge in [-0.25, -0.2) is 0 Å². The number of fused-ring (bicyclic) bond motifs is 1. The first kappa shape index (κ1) is 24.7. The van der Waals surface area contributed by atoms with Gasteiger partial charge in [-0.15, -0.1) is 11.3 Å². The highest BCUT2D eigenvalue weighted by atomic mass is 32.1. The SMILES string of the molecule is CCc1ccc(C(=O)N2CCN(C(=O)CCN3CCc4sccc4[C@H]3c3ccccc3)C[C@@H]2C)cc1. The number of benzene rings is 2. The van der Waals surface area contributed by atoms with Gasteiger partial charge < -0.3 is 9.80 Å². The van der Waals surface area contributed by atoms with Gasteiger partial charge in [-0.1, -0.05) is 49.4 Å². The van der Waals surface area contributed by atoms with Gasteiger partial charge >= 0.3 is 0 Å². The largest absolute Gasteiger partial charge is 0.339 e. The standard InChI is InChI=1S/C30H35N3O2S/c1-3-23-9-11-25(12-10-23)30(35)33-19-18-32(21-22(33)2)28(34)14-17-31-16-13-27-26(15-20-36-27)29(31)24-7-5-4-6-8-24/h4-12,15,20,22,29H,3,13-14,16-19,21H2,1-2H3/t22-,29+/m0/s1. The predicted octanol–water partition coefficient (Wildman–Crippen LogP) is 5.02. The lowest BCUT2D eigenvalue weighted by Crippen LogP contribution is -2.55. The summed E-state index contributed by atoms with van der Waals surface area (Å²) in [6.07, 6.45) is 2.51. The highest BCUT2D eigenvalue weighted by Crippen LogP contribution is 2.37. The quantitative estimate of drug-likeness (QED) is 0.476. The van der Waals surface area contributed by atoms with Gasteiger partial charge in [0.1, 0.15) is 0 Å². The molecule has 1 saturated heterocycles. The molecule has 5 rings (SSSR count). The molecular formula is C30H35N3O2S. The van der Waals surface area contributed by atoms with E-state index in [9.17, 15) is 9.59 Å². The molecule has 1 fully saturated rings. The highest BCUT2D eigenvalue weighted by molar-refractivity contribution is 7.10. The van der Waals surface area contributed by atoms with Crippen LogP contribution in [0.2, 0.25) is 0 Å². The van der Waals surface area contributed by atoms with Gasteiger partial charge in [0.25, 0.3) is 5.91 Å². The average Bonchev–Trinajstić information content (AvgIpc) is 3.40. The molecule has 6 heteroatoms. The Morgan fingerprint density at radius 1 is 0.972 bits per heavy atom. The zero-order valence-electron chi connectivity index (χ0n) is 21.2. The summed E-state index contributed by atoms with van der Waals surface area (Å²) in [5.41, 5.74) is 4.63. The van der Waals surface area contributed by atoms with Crippen LogP contribution in [0, 0.1) is 0 Å². The minimum atomic E-state index is 0.00136. The van der Waals surface area contributed by atoms with Crippen LogP contribution in [0.1, 0.15) is 58.2 Å². The number of carbonyl (C=O) groups excluding carboxylic acids is 2. The number of amides is 2. The Morgan fingerprint density at radius 2 is 1.75 bits per heavy atom. The fourth-order valence-electron chi connectivity index (χ4n) is 5.57. The molecule has 0 aliphatic carbocycles. The van der Waals surface area contributed by atoms with Gasteiger partial charge in [-0.3, -0.25) is 14.5 Å². The second-order valence-electron chi connectivity index (χ2n) is 9.89. The van der Waals surface area contributed by atoms with Crippen LogP contribution < -0.4 is 0 Å². The Morgan fingerprint density at radius 3 is 2.47 bits per heavy atom. The van der Waals surface area contributed by atoms with Crippen molar-refractivity contribution < 1.29 is 9.59 Å². The van der Waals surface area contributed by atoms with E-state index in [2.05, 4.69) is 53.6 Å². The maximum absolute atomic E-state index is 13.2. The Bertz CT molecular complexity index is 1190. The summed E-state index contributed by atoms with van der Waals surface area (Å²) in [5, 5.41) is 2.19. The summed E-state index contributed by atoms with van der Waals surface area (Å²) in [6, 6.07) is 21.0. The molecule has 2 atom stereocenters. The van der Waals surface area contributed by atoms with Crippen LogP contribution in [0.25, 0.3) is 0 Å². The number of hydrogen-bond acceptors (Lipinski definition) is 4. The topological polar surface area (TPSA) is 43.9 Å². The third-order valence-corrected chi connectivity index (χ3v) is 8.64. The van der Waals surface area contributed by atoms with Crippen molar-refractivity contribution in [2.75, 3.05) is 32.7 Å². The monoisotopic (exact) mass is 501 g/mol. The number of nitrogens with zero attached hydrogens (tertiary/aromatic N) is 3. The van der Waals surface area contributed by atoms with Gasteiger partial charge in [0.05, 0.1) is 6.04 Å². The molecule has 0 bridgehead atoms. The van der Waals surface area contributed by atoms with Crippen molar-refractivity contribution in [1.82, 2.24) is 14.7 Å². The molecule has 0 radical (unpaired) electrons. The van der Waals surface area contributed by atoms with E-state index < -0.39 is 0 Å². The predicted molar refractivity (Wildman–Crippen MR) is 145 cm³/mol. The number of thiophene rings is 1. The Hall–Kier alpha value is -2.96. The summed E-state index contributed by atoms with van der Waals surface area (Å²) >= 11 is 1.84. The maximum Gasteiger partial charge on any atom is 0.254 e. The van der Waals surface area contributed by atoms with Crippen molar-refractivity contribution in [1.29, 1.82) is 0 Å². The molecule has 2 aliphatic heterocycles. The second-order valence-corrected chi connectivity index (χ2v) is 10.9. The molecule has 36 heavy (non-hydrogen) atoms. The number of carbonyl (C=O) groups is 2. The van der Waals surface area contributed by atoms with Gasteiger partial charge in [0, 0.05) is 55.6 Å². The lowest BCUT2D eigenvalue weighted by molar-refractivity contribution is -0.134. The maximum atomic E-state index is 13.2. The normalized spacial score (nSPS) is 20.3.